The van der Waals surface area contributed by atoms with Crippen LogP contribution in [0.1, 0.15) is 43.2 Å². The minimum Gasteiger partial charge on any atom is -0.316 e. The van der Waals surface area contributed by atoms with E-state index in [1.165, 1.54) is 5.56 Å². The Morgan fingerprint density at radius 1 is 1.23 bits per heavy atom. The molecule has 2 fully saturated rings. The molecule has 3 rings (SSSR count). The lowest BCUT2D eigenvalue weighted by molar-refractivity contribution is -0.144. The third kappa shape index (κ3) is 2.65. The molecule has 3 atom stereocenters. The number of benzene rings is 1. The van der Waals surface area contributed by atoms with Crippen molar-refractivity contribution in [3.63, 3.8) is 0 Å². The highest BCUT2D eigenvalue weighted by Crippen LogP contribution is 2.36. The van der Waals surface area contributed by atoms with Gasteiger partial charge in [-0.3, -0.25) is 14.9 Å². The summed E-state index contributed by atoms with van der Waals surface area (Å²) in [5, 5.41) is 5.46. The number of imide groups is 1. The largest absolute Gasteiger partial charge is 0.316 e. The highest BCUT2D eigenvalue weighted by Gasteiger charge is 2.44. The number of amides is 2. The molecule has 2 N–H and O–H groups in total. The van der Waals surface area contributed by atoms with Crippen LogP contribution in [0.2, 0.25) is 0 Å². The summed E-state index contributed by atoms with van der Waals surface area (Å²) in [6.07, 6.45) is 1.02. The predicted molar refractivity (Wildman–Crippen MR) is 81.0 cm³/mol. The van der Waals surface area contributed by atoms with Crippen LogP contribution in [0.3, 0.4) is 0 Å². The van der Waals surface area contributed by atoms with E-state index in [0.717, 1.165) is 19.5 Å². The molecule has 0 radical (unpaired) electrons. The van der Waals surface area contributed by atoms with Crippen LogP contribution in [0.25, 0.3) is 0 Å². The monoisotopic (exact) mass is 304 g/mol. The van der Waals surface area contributed by atoms with Crippen LogP contribution in [0.4, 0.5) is 4.39 Å². The molecule has 2 amide bonds. The zero-order valence-corrected chi connectivity index (χ0v) is 12.7. The van der Waals surface area contributed by atoms with Crippen LogP contribution in [0, 0.1) is 5.92 Å². The molecule has 2 aliphatic heterocycles. The first-order chi connectivity index (χ1) is 10.5. The minimum atomic E-state index is -2.09. The number of carbonyl (C=O) groups is 2. The molecule has 0 spiro atoms. The predicted octanol–water partition coefficient (Wildman–Crippen LogP) is 2.00. The Hall–Kier alpha value is -1.75. The molecular formula is C17H21FN2O2. The van der Waals surface area contributed by atoms with Crippen LogP contribution in [0.5, 0.6) is 0 Å². The molecule has 0 saturated carbocycles. The highest BCUT2D eigenvalue weighted by atomic mass is 19.1. The summed E-state index contributed by atoms with van der Waals surface area (Å²) < 4.78 is 14.9. The Morgan fingerprint density at radius 3 is 2.59 bits per heavy atom. The quantitative estimate of drug-likeness (QED) is 0.822. The van der Waals surface area contributed by atoms with Crippen molar-refractivity contribution in [2.24, 2.45) is 5.92 Å². The van der Waals surface area contributed by atoms with Crippen molar-refractivity contribution in [2.45, 2.75) is 37.8 Å². The van der Waals surface area contributed by atoms with Gasteiger partial charge in [0.15, 0.2) is 0 Å². The Balaban J connectivity index is 1.82. The summed E-state index contributed by atoms with van der Waals surface area (Å²) >= 11 is 0. The second-order valence-corrected chi connectivity index (χ2v) is 6.38. The van der Waals surface area contributed by atoms with Gasteiger partial charge in [0.2, 0.25) is 11.6 Å². The molecule has 2 heterocycles. The van der Waals surface area contributed by atoms with Crippen molar-refractivity contribution in [3.8, 4) is 0 Å². The second-order valence-electron chi connectivity index (χ2n) is 6.38. The van der Waals surface area contributed by atoms with Gasteiger partial charge in [0.1, 0.15) is 0 Å². The van der Waals surface area contributed by atoms with Crippen molar-refractivity contribution >= 4 is 11.8 Å². The number of alkyl halides is 1. The van der Waals surface area contributed by atoms with Gasteiger partial charge in [-0.1, -0.05) is 31.2 Å². The summed E-state index contributed by atoms with van der Waals surface area (Å²) in [6, 6.07) is 7.23. The SMILES string of the molecule is CC1CNCCC1c1ccc([C@]2(F)CCC(=O)NC2=O)cc1. The molecule has 1 aromatic carbocycles. The summed E-state index contributed by atoms with van der Waals surface area (Å²) in [6.45, 7) is 4.19. The molecule has 1 aromatic rings. The van der Waals surface area contributed by atoms with Gasteiger partial charge >= 0.3 is 0 Å². The maximum atomic E-state index is 14.9. The van der Waals surface area contributed by atoms with Crippen LogP contribution in [0.15, 0.2) is 24.3 Å². The number of halogens is 1. The van der Waals surface area contributed by atoms with Gasteiger partial charge in [0.25, 0.3) is 5.91 Å². The van der Waals surface area contributed by atoms with Gasteiger partial charge in [-0.05, 0) is 42.5 Å². The first kappa shape index (κ1) is 15.2. The molecule has 22 heavy (non-hydrogen) atoms. The average Bonchev–Trinajstić information content (AvgIpc) is 2.52. The van der Waals surface area contributed by atoms with Crippen LogP contribution in [-0.4, -0.2) is 24.9 Å². The Morgan fingerprint density at radius 2 is 1.95 bits per heavy atom. The topological polar surface area (TPSA) is 58.2 Å². The lowest BCUT2D eigenvalue weighted by Gasteiger charge is -2.31. The second kappa shape index (κ2) is 5.80. The van der Waals surface area contributed by atoms with Crippen molar-refractivity contribution in [1.82, 2.24) is 10.6 Å². The van der Waals surface area contributed by atoms with Crippen LogP contribution >= 0.6 is 0 Å². The van der Waals surface area contributed by atoms with E-state index in [2.05, 4.69) is 17.6 Å². The molecule has 0 bridgehead atoms. The zero-order valence-electron chi connectivity index (χ0n) is 12.7. The van der Waals surface area contributed by atoms with E-state index >= 15 is 0 Å². The number of hydrogen-bond donors (Lipinski definition) is 2. The molecule has 0 aromatic heterocycles. The zero-order chi connectivity index (χ0) is 15.7. The van der Waals surface area contributed by atoms with Gasteiger partial charge < -0.3 is 5.32 Å². The molecule has 0 aliphatic carbocycles. The molecule has 2 saturated heterocycles. The third-order valence-electron chi connectivity index (χ3n) is 4.89. The van der Waals surface area contributed by atoms with Crippen molar-refractivity contribution < 1.29 is 14.0 Å². The molecular weight excluding hydrogens is 283 g/mol. The third-order valence-corrected chi connectivity index (χ3v) is 4.89. The lowest BCUT2D eigenvalue weighted by atomic mass is 9.80. The number of piperidine rings is 2. The number of hydrogen-bond acceptors (Lipinski definition) is 3. The lowest BCUT2D eigenvalue weighted by Crippen LogP contribution is -2.49. The van der Waals surface area contributed by atoms with E-state index in [0.29, 0.717) is 17.4 Å². The first-order valence-corrected chi connectivity index (χ1v) is 7.85. The number of rotatable bonds is 2. The molecule has 2 unspecified atom stereocenters. The summed E-state index contributed by atoms with van der Waals surface area (Å²) in [4.78, 5) is 23.0. The van der Waals surface area contributed by atoms with Crippen molar-refractivity contribution in [3.05, 3.63) is 35.4 Å². The van der Waals surface area contributed by atoms with Crippen molar-refractivity contribution in [2.75, 3.05) is 13.1 Å². The molecule has 4 nitrogen and oxygen atoms in total. The van der Waals surface area contributed by atoms with Gasteiger partial charge in [-0.15, -0.1) is 0 Å². The smallest absolute Gasteiger partial charge is 0.268 e. The summed E-state index contributed by atoms with van der Waals surface area (Å²) in [5.74, 6) is -0.243. The first-order valence-electron chi connectivity index (χ1n) is 7.85. The fourth-order valence-corrected chi connectivity index (χ4v) is 3.47. The van der Waals surface area contributed by atoms with E-state index in [1.807, 2.05) is 12.1 Å². The Kier molecular flexibility index (Phi) is 4.00. The average molecular weight is 304 g/mol. The molecule has 5 heteroatoms. The number of carbonyl (C=O) groups excluding carboxylic acids is 2. The standard InChI is InChI=1S/C17H21FN2O2/c1-11-10-19-9-7-14(11)12-2-4-13(5-3-12)17(18)8-6-15(21)20-16(17)22/h2-5,11,14,19H,6-10H2,1H3,(H,20,21,22)/t11?,14?,17-/m1/s1. The van der Waals surface area contributed by atoms with Crippen LogP contribution in [-0.2, 0) is 15.3 Å². The number of nitrogens with one attached hydrogen (secondary N) is 2. The minimum absolute atomic E-state index is 0.0370. The summed E-state index contributed by atoms with van der Waals surface area (Å²) in [7, 11) is 0. The molecule has 118 valence electrons. The highest BCUT2D eigenvalue weighted by molar-refractivity contribution is 6.02. The van der Waals surface area contributed by atoms with Crippen LogP contribution < -0.4 is 10.6 Å². The Labute approximate surface area is 129 Å². The van der Waals surface area contributed by atoms with E-state index in [1.54, 1.807) is 12.1 Å². The maximum Gasteiger partial charge on any atom is 0.268 e. The van der Waals surface area contributed by atoms with Gasteiger partial charge in [0, 0.05) is 12.8 Å². The van der Waals surface area contributed by atoms with Gasteiger partial charge in [-0.25, -0.2) is 4.39 Å². The van der Waals surface area contributed by atoms with Gasteiger partial charge in [-0.2, -0.15) is 0 Å². The normalized spacial score (nSPS) is 32.6. The van der Waals surface area contributed by atoms with E-state index in [-0.39, 0.29) is 12.8 Å². The van der Waals surface area contributed by atoms with E-state index in [4.69, 9.17) is 0 Å². The fraction of sp³-hybridized carbons (Fsp3) is 0.529. The van der Waals surface area contributed by atoms with Gasteiger partial charge in [0.05, 0.1) is 0 Å². The van der Waals surface area contributed by atoms with Crippen molar-refractivity contribution in [1.29, 1.82) is 0 Å². The maximum absolute atomic E-state index is 14.9. The van der Waals surface area contributed by atoms with E-state index < -0.39 is 17.5 Å². The molecule has 2 aliphatic rings. The summed E-state index contributed by atoms with van der Waals surface area (Å²) in [5.41, 5.74) is -0.567. The Bertz CT molecular complexity index is 587. The fourth-order valence-electron chi connectivity index (χ4n) is 3.47. The van der Waals surface area contributed by atoms with E-state index in [9.17, 15) is 14.0 Å².